The van der Waals surface area contributed by atoms with Crippen LogP contribution in [0.25, 0.3) is 0 Å². The second kappa shape index (κ2) is 5.34. The molecule has 1 aromatic rings. The average molecular weight is 286 g/mol. The molecule has 0 fully saturated rings. The first kappa shape index (κ1) is 15.1. The summed E-state index contributed by atoms with van der Waals surface area (Å²) in [5.74, 6) is 0. The summed E-state index contributed by atoms with van der Waals surface area (Å²) in [4.78, 5) is 0.358. The summed E-state index contributed by atoms with van der Waals surface area (Å²) in [5.41, 5.74) is 5.55. The van der Waals surface area contributed by atoms with Crippen molar-refractivity contribution in [1.29, 1.82) is 0 Å². The first-order valence-electron chi connectivity index (χ1n) is 5.62. The zero-order valence-corrected chi connectivity index (χ0v) is 12.4. The van der Waals surface area contributed by atoms with Gasteiger partial charge in [0.2, 0.25) is 10.0 Å². The molecule has 0 aliphatic heterocycles. The lowest BCUT2D eigenvalue weighted by molar-refractivity contribution is 0.439. The molecule has 100 valence electrons. The van der Waals surface area contributed by atoms with Gasteiger partial charge in [0.15, 0.2) is 0 Å². The van der Waals surface area contributed by atoms with E-state index in [1.54, 1.807) is 12.1 Å². The summed E-state index contributed by atoms with van der Waals surface area (Å²) < 4.78 is 27.0. The SMILES string of the molecule is CCC(C)(C)NS(=O)(=O)c1cccc(C(N)=S)c1. The molecule has 0 radical (unpaired) electrons. The largest absolute Gasteiger partial charge is 0.389 e. The highest BCUT2D eigenvalue weighted by Gasteiger charge is 2.24. The van der Waals surface area contributed by atoms with Crippen molar-refractivity contribution in [3.63, 3.8) is 0 Å². The van der Waals surface area contributed by atoms with E-state index in [2.05, 4.69) is 4.72 Å². The summed E-state index contributed by atoms with van der Waals surface area (Å²) in [6.07, 6.45) is 0.696. The Hall–Kier alpha value is -0.980. The van der Waals surface area contributed by atoms with Crippen LogP contribution in [0, 0.1) is 0 Å². The molecule has 0 spiro atoms. The second-order valence-corrected chi connectivity index (χ2v) is 6.86. The molecule has 4 nitrogen and oxygen atoms in total. The summed E-state index contributed by atoms with van der Waals surface area (Å²) in [6, 6.07) is 6.32. The van der Waals surface area contributed by atoms with Crippen molar-refractivity contribution in [2.75, 3.05) is 0 Å². The fourth-order valence-corrected chi connectivity index (χ4v) is 2.97. The lowest BCUT2D eigenvalue weighted by atomic mass is 10.0. The van der Waals surface area contributed by atoms with Crippen LogP contribution >= 0.6 is 12.2 Å². The van der Waals surface area contributed by atoms with Gasteiger partial charge >= 0.3 is 0 Å². The standard InChI is InChI=1S/C12H18N2O2S2/c1-4-12(2,3)14-18(15,16)10-7-5-6-9(8-10)11(13)17/h5-8,14H,4H2,1-3H3,(H2,13,17). The fraction of sp³-hybridized carbons (Fsp3) is 0.417. The number of nitrogens with two attached hydrogens (primary N) is 1. The molecule has 18 heavy (non-hydrogen) atoms. The summed E-state index contributed by atoms with van der Waals surface area (Å²) in [7, 11) is -3.55. The zero-order valence-electron chi connectivity index (χ0n) is 10.7. The van der Waals surface area contributed by atoms with Crippen molar-refractivity contribution in [2.24, 2.45) is 5.73 Å². The molecular formula is C12H18N2O2S2. The van der Waals surface area contributed by atoms with Crippen LogP contribution in [-0.4, -0.2) is 18.9 Å². The maximum atomic E-state index is 12.2. The number of thiocarbonyl (C=S) groups is 1. The summed E-state index contributed by atoms with van der Waals surface area (Å²) >= 11 is 4.84. The van der Waals surface area contributed by atoms with Crippen molar-refractivity contribution in [1.82, 2.24) is 4.72 Å². The first-order valence-corrected chi connectivity index (χ1v) is 7.51. The van der Waals surface area contributed by atoms with Crippen molar-refractivity contribution in [2.45, 2.75) is 37.6 Å². The third-order valence-corrected chi connectivity index (χ3v) is 4.65. The van der Waals surface area contributed by atoms with Gasteiger partial charge in [0.25, 0.3) is 0 Å². The van der Waals surface area contributed by atoms with E-state index in [9.17, 15) is 8.42 Å². The van der Waals surface area contributed by atoms with Crippen molar-refractivity contribution < 1.29 is 8.42 Å². The smallest absolute Gasteiger partial charge is 0.241 e. The van der Waals surface area contributed by atoms with Gasteiger partial charge in [-0.05, 0) is 32.4 Å². The highest BCUT2D eigenvalue weighted by molar-refractivity contribution is 7.89. The topological polar surface area (TPSA) is 72.2 Å². The number of hydrogen-bond donors (Lipinski definition) is 2. The molecule has 0 saturated carbocycles. The van der Waals surface area contributed by atoms with Gasteiger partial charge in [-0.25, -0.2) is 13.1 Å². The number of hydrogen-bond acceptors (Lipinski definition) is 3. The third kappa shape index (κ3) is 3.76. The van der Waals surface area contributed by atoms with Crippen LogP contribution in [-0.2, 0) is 10.0 Å². The van der Waals surface area contributed by atoms with E-state index in [-0.39, 0.29) is 9.88 Å². The highest BCUT2D eigenvalue weighted by Crippen LogP contribution is 2.16. The first-order chi connectivity index (χ1) is 8.18. The molecule has 0 saturated heterocycles. The van der Waals surface area contributed by atoms with E-state index < -0.39 is 15.6 Å². The Kier molecular flexibility index (Phi) is 4.47. The molecule has 6 heteroatoms. The molecule has 0 atom stereocenters. The Balaban J connectivity index is 3.13. The van der Waals surface area contributed by atoms with E-state index in [0.717, 1.165) is 0 Å². The van der Waals surface area contributed by atoms with Crippen LogP contribution in [0.15, 0.2) is 29.2 Å². The van der Waals surface area contributed by atoms with Crippen LogP contribution in [0.4, 0.5) is 0 Å². The van der Waals surface area contributed by atoms with E-state index in [0.29, 0.717) is 12.0 Å². The Bertz CT molecular complexity index is 551. The molecule has 0 aliphatic rings. The zero-order chi connectivity index (χ0) is 14.0. The molecule has 1 rings (SSSR count). The van der Waals surface area contributed by atoms with Crippen molar-refractivity contribution >= 4 is 27.2 Å². The minimum Gasteiger partial charge on any atom is -0.389 e. The van der Waals surface area contributed by atoms with Gasteiger partial charge in [0, 0.05) is 11.1 Å². The van der Waals surface area contributed by atoms with Crippen LogP contribution in [0.1, 0.15) is 32.8 Å². The molecule has 0 heterocycles. The Labute approximate surface area is 114 Å². The molecule has 0 aliphatic carbocycles. The summed E-state index contributed by atoms with van der Waals surface area (Å²) in [5, 5.41) is 0. The average Bonchev–Trinajstić information content (AvgIpc) is 2.28. The molecular weight excluding hydrogens is 268 g/mol. The Morgan fingerprint density at radius 3 is 2.56 bits per heavy atom. The molecule has 0 aromatic heterocycles. The van der Waals surface area contributed by atoms with Crippen LogP contribution in [0.5, 0.6) is 0 Å². The quantitative estimate of drug-likeness (QED) is 0.809. The minimum atomic E-state index is -3.55. The Morgan fingerprint density at radius 2 is 2.06 bits per heavy atom. The predicted molar refractivity (Wildman–Crippen MR) is 77.0 cm³/mol. The monoisotopic (exact) mass is 286 g/mol. The molecule has 0 unspecified atom stereocenters. The molecule has 0 amide bonds. The van der Waals surface area contributed by atoms with Crippen molar-refractivity contribution in [3.8, 4) is 0 Å². The predicted octanol–water partition coefficient (Wildman–Crippen LogP) is 1.79. The van der Waals surface area contributed by atoms with Gasteiger partial charge in [-0.15, -0.1) is 0 Å². The lowest BCUT2D eigenvalue weighted by Gasteiger charge is -2.24. The maximum absolute atomic E-state index is 12.2. The number of rotatable bonds is 5. The second-order valence-electron chi connectivity index (χ2n) is 4.74. The highest BCUT2D eigenvalue weighted by atomic mass is 32.2. The van der Waals surface area contributed by atoms with Gasteiger partial charge < -0.3 is 5.73 Å². The van der Waals surface area contributed by atoms with Gasteiger partial charge in [0.1, 0.15) is 4.99 Å². The van der Waals surface area contributed by atoms with Gasteiger partial charge in [-0.3, -0.25) is 0 Å². The third-order valence-electron chi connectivity index (χ3n) is 2.72. The van der Waals surface area contributed by atoms with Gasteiger partial charge in [0.05, 0.1) is 4.90 Å². The van der Waals surface area contributed by atoms with E-state index in [1.807, 2.05) is 20.8 Å². The van der Waals surface area contributed by atoms with Crippen LogP contribution in [0.2, 0.25) is 0 Å². The summed E-state index contributed by atoms with van der Waals surface area (Å²) in [6.45, 7) is 5.60. The van der Waals surface area contributed by atoms with Gasteiger partial charge in [-0.2, -0.15) is 0 Å². The number of benzene rings is 1. The van der Waals surface area contributed by atoms with Crippen molar-refractivity contribution in [3.05, 3.63) is 29.8 Å². The molecule has 0 bridgehead atoms. The fourth-order valence-electron chi connectivity index (χ4n) is 1.31. The Morgan fingerprint density at radius 1 is 1.44 bits per heavy atom. The van der Waals surface area contributed by atoms with E-state index >= 15 is 0 Å². The van der Waals surface area contributed by atoms with Gasteiger partial charge in [-0.1, -0.05) is 31.3 Å². The number of sulfonamides is 1. The maximum Gasteiger partial charge on any atom is 0.241 e. The van der Waals surface area contributed by atoms with Crippen LogP contribution < -0.4 is 10.5 Å². The van der Waals surface area contributed by atoms with Crippen LogP contribution in [0.3, 0.4) is 0 Å². The molecule has 3 N–H and O–H groups in total. The normalized spacial score (nSPS) is 12.4. The molecule has 1 aromatic carbocycles. The number of nitrogens with one attached hydrogen (secondary N) is 1. The minimum absolute atomic E-state index is 0.175. The van der Waals surface area contributed by atoms with E-state index in [1.165, 1.54) is 12.1 Å². The van der Waals surface area contributed by atoms with E-state index in [4.69, 9.17) is 18.0 Å². The lowest BCUT2D eigenvalue weighted by Crippen LogP contribution is -2.42.